The summed E-state index contributed by atoms with van der Waals surface area (Å²) in [5.74, 6) is -0.920. The van der Waals surface area contributed by atoms with Crippen LogP contribution in [0.25, 0.3) is 6.08 Å². The predicted octanol–water partition coefficient (Wildman–Crippen LogP) is 3.14. The summed E-state index contributed by atoms with van der Waals surface area (Å²) in [6, 6.07) is 0. The molecule has 0 aliphatic carbocycles. The van der Waals surface area contributed by atoms with Crippen molar-refractivity contribution in [3.63, 3.8) is 0 Å². The van der Waals surface area contributed by atoms with Gasteiger partial charge in [-0.25, -0.2) is 9.78 Å². The van der Waals surface area contributed by atoms with Gasteiger partial charge in [-0.05, 0) is 18.9 Å². The Labute approximate surface area is 117 Å². The molecule has 19 heavy (non-hydrogen) atoms. The molecule has 104 valence electrons. The normalized spacial score (nSPS) is 16.5. The fourth-order valence-corrected chi connectivity index (χ4v) is 3.39. The summed E-state index contributed by atoms with van der Waals surface area (Å²) in [7, 11) is 0. The Hall–Kier alpha value is -1.36. The number of hydrogen-bond donors (Lipinski definition) is 1. The molecule has 0 spiro atoms. The van der Waals surface area contributed by atoms with Crippen LogP contribution in [0.5, 0.6) is 0 Å². The number of carboxylic acid groups (broad SMARTS) is 1. The third kappa shape index (κ3) is 3.35. The molecule has 2 rings (SSSR count). The monoisotopic (exact) mass is 280 g/mol. The zero-order chi connectivity index (χ0) is 14.0. The molecule has 0 atom stereocenters. The Balaban J connectivity index is 2.36. The first-order valence-electron chi connectivity index (χ1n) is 6.55. The Morgan fingerprint density at radius 3 is 2.53 bits per heavy atom. The van der Waals surface area contributed by atoms with E-state index in [1.54, 1.807) is 17.4 Å². The van der Waals surface area contributed by atoms with Crippen LogP contribution in [0, 0.1) is 0 Å². The van der Waals surface area contributed by atoms with Gasteiger partial charge in [-0.2, -0.15) is 0 Å². The van der Waals surface area contributed by atoms with Crippen LogP contribution in [0.3, 0.4) is 0 Å². The van der Waals surface area contributed by atoms with Gasteiger partial charge in [0.25, 0.3) is 0 Å². The number of aromatic nitrogens is 1. The highest BCUT2D eigenvalue weighted by Crippen LogP contribution is 2.35. The second kappa shape index (κ2) is 5.33. The molecule has 0 bridgehead atoms. The van der Waals surface area contributed by atoms with E-state index in [9.17, 15) is 4.79 Å². The van der Waals surface area contributed by atoms with Crippen LogP contribution in [0.4, 0.5) is 5.13 Å². The molecule has 1 saturated heterocycles. The molecule has 4 nitrogen and oxygen atoms in total. The first-order valence-corrected chi connectivity index (χ1v) is 7.37. The van der Waals surface area contributed by atoms with E-state index in [0.717, 1.165) is 28.8 Å². The predicted molar refractivity (Wildman–Crippen MR) is 78.9 cm³/mol. The lowest BCUT2D eigenvalue weighted by atomic mass is 9.91. The van der Waals surface area contributed by atoms with Crippen LogP contribution in [0.15, 0.2) is 6.08 Å². The highest BCUT2D eigenvalue weighted by molar-refractivity contribution is 7.16. The van der Waals surface area contributed by atoms with E-state index in [1.165, 1.54) is 18.9 Å². The SMILES string of the molecule is CC(C)(C)c1nc(N2CCCC2)sc1/C=C/C(=O)O. The van der Waals surface area contributed by atoms with Crippen molar-refractivity contribution in [3.8, 4) is 0 Å². The van der Waals surface area contributed by atoms with Crippen LogP contribution in [0.1, 0.15) is 44.2 Å². The first kappa shape index (κ1) is 14.1. The molecule has 1 aromatic rings. The van der Waals surface area contributed by atoms with Crippen molar-refractivity contribution in [3.05, 3.63) is 16.6 Å². The highest BCUT2D eigenvalue weighted by atomic mass is 32.1. The molecule has 0 amide bonds. The fraction of sp³-hybridized carbons (Fsp3) is 0.571. The number of hydrogen-bond acceptors (Lipinski definition) is 4. The van der Waals surface area contributed by atoms with Gasteiger partial charge in [0.1, 0.15) is 0 Å². The number of thiazole rings is 1. The van der Waals surface area contributed by atoms with Gasteiger partial charge in [0.05, 0.1) is 10.6 Å². The van der Waals surface area contributed by atoms with E-state index >= 15 is 0 Å². The fourth-order valence-electron chi connectivity index (χ4n) is 2.16. The van der Waals surface area contributed by atoms with Crippen LogP contribution in [0.2, 0.25) is 0 Å². The molecule has 0 radical (unpaired) electrons. The van der Waals surface area contributed by atoms with Crippen LogP contribution in [-0.4, -0.2) is 29.1 Å². The van der Waals surface area contributed by atoms with Gasteiger partial charge < -0.3 is 10.0 Å². The summed E-state index contributed by atoms with van der Waals surface area (Å²) in [6.07, 6.45) is 5.28. The van der Waals surface area contributed by atoms with Crippen molar-refractivity contribution in [1.29, 1.82) is 0 Å². The van der Waals surface area contributed by atoms with Crippen molar-refractivity contribution >= 4 is 28.5 Å². The molecule has 1 aliphatic heterocycles. The van der Waals surface area contributed by atoms with Crippen molar-refractivity contribution < 1.29 is 9.90 Å². The topological polar surface area (TPSA) is 53.4 Å². The van der Waals surface area contributed by atoms with Gasteiger partial charge in [0.15, 0.2) is 5.13 Å². The molecule has 1 aliphatic rings. The smallest absolute Gasteiger partial charge is 0.328 e. The number of aliphatic carboxylic acids is 1. The molecule has 0 saturated carbocycles. The molecular weight excluding hydrogens is 260 g/mol. The Morgan fingerprint density at radius 1 is 1.37 bits per heavy atom. The minimum Gasteiger partial charge on any atom is -0.478 e. The van der Waals surface area contributed by atoms with Gasteiger partial charge in [-0.1, -0.05) is 32.1 Å². The maximum absolute atomic E-state index is 10.7. The average molecular weight is 280 g/mol. The van der Waals surface area contributed by atoms with Crippen molar-refractivity contribution in [2.45, 2.75) is 39.0 Å². The highest BCUT2D eigenvalue weighted by Gasteiger charge is 2.25. The third-order valence-corrected chi connectivity index (χ3v) is 4.19. The molecular formula is C14H20N2O2S. The van der Waals surface area contributed by atoms with E-state index in [2.05, 4.69) is 25.7 Å². The summed E-state index contributed by atoms with van der Waals surface area (Å²) < 4.78 is 0. The number of carbonyl (C=O) groups is 1. The Morgan fingerprint density at radius 2 is 2.00 bits per heavy atom. The first-order chi connectivity index (χ1) is 8.88. The molecule has 1 N–H and O–H groups in total. The van der Waals surface area contributed by atoms with E-state index in [-0.39, 0.29) is 5.41 Å². The molecule has 0 aromatic carbocycles. The van der Waals surface area contributed by atoms with E-state index in [0.29, 0.717) is 0 Å². The van der Waals surface area contributed by atoms with E-state index in [1.807, 2.05) is 0 Å². The lowest BCUT2D eigenvalue weighted by molar-refractivity contribution is -0.131. The van der Waals surface area contributed by atoms with Crippen molar-refractivity contribution in [1.82, 2.24) is 4.98 Å². The second-order valence-corrected chi connectivity index (χ2v) is 6.83. The van der Waals surface area contributed by atoms with Crippen molar-refractivity contribution in [2.75, 3.05) is 18.0 Å². The third-order valence-electron chi connectivity index (χ3n) is 3.11. The van der Waals surface area contributed by atoms with E-state index < -0.39 is 5.97 Å². The minimum atomic E-state index is -0.920. The average Bonchev–Trinajstić information content (AvgIpc) is 2.94. The molecule has 0 unspecified atom stereocenters. The number of rotatable bonds is 3. The van der Waals surface area contributed by atoms with Crippen LogP contribution in [-0.2, 0) is 10.2 Å². The van der Waals surface area contributed by atoms with Gasteiger partial charge in [0, 0.05) is 24.6 Å². The Bertz CT molecular complexity index is 494. The van der Waals surface area contributed by atoms with Crippen molar-refractivity contribution in [2.24, 2.45) is 0 Å². The second-order valence-electron chi connectivity index (χ2n) is 5.83. The summed E-state index contributed by atoms with van der Waals surface area (Å²) >= 11 is 1.59. The summed E-state index contributed by atoms with van der Waals surface area (Å²) in [4.78, 5) is 18.7. The number of nitrogens with zero attached hydrogens (tertiary/aromatic N) is 2. The number of carboxylic acids is 1. The van der Waals surface area contributed by atoms with Crippen LogP contribution >= 0.6 is 11.3 Å². The molecule has 1 aromatic heterocycles. The lowest BCUT2D eigenvalue weighted by Crippen LogP contribution is -2.18. The number of anilines is 1. The lowest BCUT2D eigenvalue weighted by Gasteiger charge is -2.17. The molecule has 1 fully saturated rings. The zero-order valence-electron chi connectivity index (χ0n) is 11.6. The summed E-state index contributed by atoms with van der Waals surface area (Å²) in [6.45, 7) is 8.42. The minimum absolute atomic E-state index is 0.0767. The summed E-state index contributed by atoms with van der Waals surface area (Å²) in [5.41, 5.74) is 0.907. The quantitative estimate of drug-likeness (QED) is 0.864. The van der Waals surface area contributed by atoms with Gasteiger partial charge in [0.2, 0.25) is 0 Å². The largest absolute Gasteiger partial charge is 0.478 e. The van der Waals surface area contributed by atoms with Gasteiger partial charge >= 0.3 is 5.97 Å². The zero-order valence-corrected chi connectivity index (χ0v) is 12.5. The maximum Gasteiger partial charge on any atom is 0.328 e. The van der Waals surface area contributed by atoms with E-state index in [4.69, 9.17) is 10.1 Å². The van der Waals surface area contributed by atoms with Gasteiger partial charge in [-0.15, -0.1) is 0 Å². The maximum atomic E-state index is 10.7. The van der Waals surface area contributed by atoms with Gasteiger partial charge in [-0.3, -0.25) is 0 Å². The standard InChI is InChI=1S/C14H20N2O2S/c1-14(2,3)12-10(6-7-11(17)18)19-13(15-12)16-8-4-5-9-16/h6-7H,4-5,8-9H2,1-3H3,(H,17,18)/b7-6+. The van der Waals surface area contributed by atoms with Crippen LogP contribution < -0.4 is 4.90 Å². The summed E-state index contributed by atoms with van der Waals surface area (Å²) in [5, 5.41) is 9.79. The Kier molecular flexibility index (Phi) is 3.94. The molecule has 5 heteroatoms. The molecule has 2 heterocycles.